The van der Waals surface area contributed by atoms with E-state index in [9.17, 15) is 19.5 Å². The number of amides is 2. The number of anilines is 1. The maximum absolute atomic E-state index is 14.2. The number of fused-ring (bicyclic) bond motifs is 2. The molecule has 8 nitrogen and oxygen atoms in total. The second kappa shape index (κ2) is 8.76. The van der Waals surface area contributed by atoms with Crippen LogP contribution in [0.4, 0.5) is 5.69 Å². The van der Waals surface area contributed by atoms with Crippen molar-refractivity contribution in [1.29, 1.82) is 0 Å². The van der Waals surface area contributed by atoms with Gasteiger partial charge in [-0.15, -0.1) is 0 Å². The van der Waals surface area contributed by atoms with Crippen LogP contribution in [0.25, 0.3) is 0 Å². The number of ether oxygens (including phenoxy) is 2. The van der Waals surface area contributed by atoms with Crippen LogP contribution in [0, 0.1) is 18.8 Å². The number of benzene rings is 1. The Bertz CT molecular complexity index is 1110. The molecule has 186 valence electrons. The number of para-hydroxylation sites is 1. The van der Waals surface area contributed by atoms with E-state index in [0.29, 0.717) is 23.6 Å². The Labute approximate surface area is 209 Å². The van der Waals surface area contributed by atoms with Crippen molar-refractivity contribution in [1.82, 2.24) is 4.90 Å². The van der Waals surface area contributed by atoms with Gasteiger partial charge >= 0.3 is 5.97 Å². The number of aliphatic hydroxyl groups excluding tert-OH is 1. The van der Waals surface area contributed by atoms with Crippen molar-refractivity contribution in [2.75, 3.05) is 31.2 Å². The van der Waals surface area contributed by atoms with Gasteiger partial charge in [-0.05, 0) is 38.3 Å². The van der Waals surface area contributed by atoms with Crippen LogP contribution in [0.15, 0.2) is 42.5 Å². The fourth-order valence-corrected chi connectivity index (χ4v) is 6.47. The highest BCUT2D eigenvalue weighted by Gasteiger charge is 2.74. The molecular weight excluding hydrogens is 472 g/mol. The highest BCUT2D eigenvalue weighted by Crippen LogP contribution is 2.57. The number of esters is 1. The number of carbonyl (C=O) groups excluding carboxylic acids is 3. The smallest absolute Gasteiger partial charge is 0.313 e. The highest BCUT2D eigenvalue weighted by molar-refractivity contribution is 6.34. The topological polar surface area (TPSA) is 96.4 Å². The predicted molar refractivity (Wildman–Crippen MR) is 129 cm³/mol. The van der Waals surface area contributed by atoms with Gasteiger partial charge in [-0.3, -0.25) is 14.4 Å². The van der Waals surface area contributed by atoms with E-state index < -0.39 is 41.0 Å². The Morgan fingerprint density at radius 3 is 2.69 bits per heavy atom. The zero-order chi connectivity index (χ0) is 25.0. The molecule has 1 aromatic carbocycles. The summed E-state index contributed by atoms with van der Waals surface area (Å²) in [6.07, 6.45) is 8.72. The van der Waals surface area contributed by atoms with Gasteiger partial charge in [0.15, 0.2) is 0 Å². The van der Waals surface area contributed by atoms with Gasteiger partial charge in [0.25, 0.3) is 5.91 Å². The minimum Gasteiger partial charge on any atom is -0.465 e. The normalized spacial score (nSPS) is 35.4. The number of rotatable bonds is 3. The van der Waals surface area contributed by atoms with E-state index in [-0.39, 0.29) is 32.2 Å². The SMILES string of the molecule is Cc1cccc(Cl)c1N1CC=C[C@]23O[C@]4(C)/C=C\CCCOC(=O)[C@@H]4[C@H]2C(=O)N(CCO)C3C1=O. The van der Waals surface area contributed by atoms with Gasteiger partial charge in [0.2, 0.25) is 5.91 Å². The molecule has 4 aliphatic rings. The van der Waals surface area contributed by atoms with Crippen molar-refractivity contribution in [2.24, 2.45) is 11.8 Å². The molecule has 9 heteroatoms. The average molecular weight is 501 g/mol. The number of hydrogen-bond donors (Lipinski definition) is 1. The van der Waals surface area contributed by atoms with Gasteiger partial charge in [0, 0.05) is 13.1 Å². The van der Waals surface area contributed by atoms with E-state index in [2.05, 4.69) is 0 Å². The van der Waals surface area contributed by atoms with E-state index in [4.69, 9.17) is 21.1 Å². The third-order valence-corrected chi connectivity index (χ3v) is 7.85. The number of halogens is 1. The molecule has 2 fully saturated rings. The van der Waals surface area contributed by atoms with Crippen LogP contribution in [-0.4, -0.2) is 71.3 Å². The molecule has 5 rings (SSSR count). The summed E-state index contributed by atoms with van der Waals surface area (Å²) in [7, 11) is 0. The lowest BCUT2D eigenvalue weighted by molar-refractivity contribution is -0.158. The number of hydrogen-bond acceptors (Lipinski definition) is 6. The van der Waals surface area contributed by atoms with E-state index in [1.807, 2.05) is 31.2 Å². The van der Waals surface area contributed by atoms with E-state index in [0.717, 1.165) is 5.56 Å². The molecule has 1 unspecified atom stereocenters. The largest absolute Gasteiger partial charge is 0.465 e. The summed E-state index contributed by atoms with van der Waals surface area (Å²) >= 11 is 6.51. The maximum atomic E-state index is 14.2. The molecule has 2 amide bonds. The maximum Gasteiger partial charge on any atom is 0.313 e. The van der Waals surface area contributed by atoms with Crippen LogP contribution < -0.4 is 4.90 Å². The van der Waals surface area contributed by atoms with Crippen molar-refractivity contribution in [2.45, 2.75) is 43.9 Å². The van der Waals surface area contributed by atoms with Crippen molar-refractivity contribution < 1.29 is 29.0 Å². The number of allylic oxidation sites excluding steroid dienone is 1. The predicted octanol–water partition coefficient (Wildman–Crippen LogP) is 2.41. The lowest BCUT2D eigenvalue weighted by Gasteiger charge is -2.37. The highest BCUT2D eigenvalue weighted by atomic mass is 35.5. The molecular formula is C26H29ClN2O6. The summed E-state index contributed by atoms with van der Waals surface area (Å²) in [6.45, 7) is 3.72. The average Bonchev–Trinajstić information content (AvgIpc) is 3.15. The van der Waals surface area contributed by atoms with Crippen molar-refractivity contribution in [3.63, 3.8) is 0 Å². The molecule has 4 heterocycles. The van der Waals surface area contributed by atoms with E-state index in [1.54, 1.807) is 30.0 Å². The second-order valence-corrected chi connectivity index (χ2v) is 10.1. The first-order valence-electron chi connectivity index (χ1n) is 12.0. The molecule has 1 spiro atoms. The Hall–Kier alpha value is -2.68. The van der Waals surface area contributed by atoms with E-state index in [1.165, 1.54) is 4.90 Å². The number of aliphatic hydroxyl groups is 1. The molecule has 1 aromatic rings. The molecule has 0 aliphatic carbocycles. The van der Waals surface area contributed by atoms with Crippen LogP contribution in [0.3, 0.4) is 0 Å². The third-order valence-electron chi connectivity index (χ3n) is 7.55. The fraction of sp³-hybridized carbons (Fsp3) is 0.500. The lowest BCUT2D eigenvalue weighted by atomic mass is 9.74. The summed E-state index contributed by atoms with van der Waals surface area (Å²) in [5.41, 5.74) is -1.15. The summed E-state index contributed by atoms with van der Waals surface area (Å²) < 4.78 is 12.2. The molecule has 1 N–H and O–H groups in total. The number of likely N-dealkylation sites (tertiary alicyclic amines) is 1. The monoisotopic (exact) mass is 500 g/mol. The van der Waals surface area contributed by atoms with Gasteiger partial charge in [-0.25, -0.2) is 0 Å². The van der Waals surface area contributed by atoms with Crippen LogP contribution in [0.2, 0.25) is 5.02 Å². The Morgan fingerprint density at radius 2 is 1.94 bits per heavy atom. The van der Waals surface area contributed by atoms with Crippen LogP contribution in [0.1, 0.15) is 25.3 Å². The minimum atomic E-state index is -1.39. The summed E-state index contributed by atoms with van der Waals surface area (Å²) in [4.78, 5) is 44.3. The lowest BCUT2D eigenvalue weighted by Crippen LogP contribution is -2.56. The number of cyclic esters (lactones) is 1. The molecule has 0 bridgehead atoms. The van der Waals surface area contributed by atoms with Gasteiger partial charge in [-0.2, -0.15) is 0 Å². The first-order valence-corrected chi connectivity index (χ1v) is 12.3. The number of β-amino-alcohol motifs (C(OH)–C–C–N with tert-alkyl or cyclic N) is 1. The molecule has 2 saturated heterocycles. The number of aryl methyl sites for hydroxylation is 1. The van der Waals surface area contributed by atoms with Crippen molar-refractivity contribution in [3.8, 4) is 0 Å². The van der Waals surface area contributed by atoms with Crippen LogP contribution in [0.5, 0.6) is 0 Å². The zero-order valence-corrected chi connectivity index (χ0v) is 20.5. The van der Waals surface area contributed by atoms with E-state index >= 15 is 0 Å². The van der Waals surface area contributed by atoms with Gasteiger partial charge < -0.3 is 24.4 Å². The summed E-state index contributed by atoms with van der Waals surface area (Å²) in [5.74, 6) is -3.18. The standard InChI is InChI=1S/C26H29ClN2O6/c1-16-8-6-9-17(27)20(16)28-12-7-11-26-18(22(31)29(13-14-30)21(26)23(28)32)19-24(33)34-15-5-3-4-10-25(19,2)35-26/h4,6-11,18-19,21,30H,3,5,12-15H2,1-2H3/b10-4-/t18-,19-,21?,25+,26-/m0/s1. The molecule has 0 aromatic heterocycles. The molecule has 4 aliphatic heterocycles. The first-order chi connectivity index (χ1) is 16.7. The number of nitrogens with zero attached hydrogens (tertiary/aromatic N) is 2. The summed E-state index contributed by atoms with van der Waals surface area (Å²) in [6, 6.07) is 4.32. The van der Waals surface area contributed by atoms with Crippen molar-refractivity contribution in [3.05, 3.63) is 53.1 Å². The minimum absolute atomic E-state index is 0.0612. The van der Waals surface area contributed by atoms with Crippen LogP contribution in [-0.2, 0) is 23.9 Å². The van der Waals surface area contributed by atoms with Gasteiger partial charge in [0.1, 0.15) is 17.6 Å². The van der Waals surface area contributed by atoms with Gasteiger partial charge in [-0.1, -0.05) is 48.0 Å². The fourth-order valence-electron chi connectivity index (χ4n) is 6.15. The Balaban J connectivity index is 1.67. The Morgan fingerprint density at radius 1 is 1.14 bits per heavy atom. The third kappa shape index (κ3) is 3.53. The number of carbonyl (C=O) groups is 3. The zero-order valence-electron chi connectivity index (χ0n) is 19.8. The molecule has 0 radical (unpaired) electrons. The quantitative estimate of drug-likeness (QED) is 0.506. The molecule has 0 saturated carbocycles. The second-order valence-electron chi connectivity index (χ2n) is 9.72. The van der Waals surface area contributed by atoms with Gasteiger partial charge in [0.05, 0.1) is 35.4 Å². The Kier molecular flexibility index (Phi) is 6.02. The molecule has 5 atom stereocenters. The molecule has 35 heavy (non-hydrogen) atoms. The van der Waals surface area contributed by atoms with Crippen LogP contribution >= 0.6 is 11.6 Å². The van der Waals surface area contributed by atoms with Crippen molar-refractivity contribution >= 4 is 35.1 Å². The summed E-state index contributed by atoms with van der Waals surface area (Å²) in [5, 5.41) is 10.2. The first kappa shape index (κ1) is 24.0.